The molecule has 2 aliphatic carbocycles. The Balaban J connectivity index is 2.13. The minimum absolute atomic E-state index is 0.254. The molecule has 0 aromatic heterocycles. The number of aliphatic hydroxyl groups is 1. The molecule has 2 aliphatic rings. The maximum Gasteiger partial charge on any atom is 0.0819 e. The standard InChI is InChI=1S/C16H22O/c1-11-5-4-6-14(8-11)16(17)15-9-12(2)7-13(3)10-15/h4-5,7-9,13-14,16-17H,6,10H2,1-3H3. The molecule has 0 aromatic carbocycles. The van der Waals surface area contributed by atoms with E-state index in [0.29, 0.717) is 5.92 Å². The van der Waals surface area contributed by atoms with Crippen LogP contribution in [0.25, 0.3) is 0 Å². The molecule has 0 aliphatic heterocycles. The van der Waals surface area contributed by atoms with E-state index in [9.17, 15) is 5.11 Å². The molecule has 92 valence electrons. The van der Waals surface area contributed by atoms with Gasteiger partial charge in [-0.15, -0.1) is 0 Å². The maximum absolute atomic E-state index is 10.5. The lowest BCUT2D eigenvalue weighted by molar-refractivity contribution is 0.159. The second-order valence-electron chi connectivity index (χ2n) is 5.47. The van der Waals surface area contributed by atoms with Crippen molar-refractivity contribution in [3.8, 4) is 0 Å². The molecule has 1 heteroatoms. The molecule has 0 fully saturated rings. The van der Waals surface area contributed by atoms with Gasteiger partial charge in [-0.3, -0.25) is 0 Å². The lowest BCUT2D eigenvalue weighted by Gasteiger charge is -2.27. The summed E-state index contributed by atoms with van der Waals surface area (Å²) in [5, 5.41) is 10.5. The Morgan fingerprint density at radius 3 is 2.65 bits per heavy atom. The van der Waals surface area contributed by atoms with Gasteiger partial charge in [0.15, 0.2) is 0 Å². The van der Waals surface area contributed by atoms with Crippen molar-refractivity contribution in [3.05, 3.63) is 47.1 Å². The van der Waals surface area contributed by atoms with Gasteiger partial charge in [0.05, 0.1) is 6.10 Å². The molecular formula is C16H22O. The second-order valence-corrected chi connectivity index (χ2v) is 5.47. The lowest BCUT2D eigenvalue weighted by Crippen LogP contribution is -2.24. The topological polar surface area (TPSA) is 20.2 Å². The van der Waals surface area contributed by atoms with Crippen molar-refractivity contribution in [1.29, 1.82) is 0 Å². The summed E-state index contributed by atoms with van der Waals surface area (Å²) in [6.07, 6.45) is 12.6. The summed E-state index contributed by atoms with van der Waals surface area (Å²) in [6.45, 7) is 6.42. The van der Waals surface area contributed by atoms with E-state index in [-0.39, 0.29) is 12.0 Å². The molecule has 3 unspecified atom stereocenters. The molecule has 0 spiro atoms. The van der Waals surface area contributed by atoms with Crippen LogP contribution in [-0.4, -0.2) is 11.2 Å². The Morgan fingerprint density at radius 1 is 1.24 bits per heavy atom. The summed E-state index contributed by atoms with van der Waals surface area (Å²) in [5.41, 5.74) is 3.74. The van der Waals surface area contributed by atoms with Crippen molar-refractivity contribution in [1.82, 2.24) is 0 Å². The van der Waals surface area contributed by atoms with Gasteiger partial charge in [0.25, 0.3) is 0 Å². The van der Waals surface area contributed by atoms with Crippen molar-refractivity contribution in [2.75, 3.05) is 0 Å². The van der Waals surface area contributed by atoms with Gasteiger partial charge >= 0.3 is 0 Å². The first kappa shape index (κ1) is 12.4. The predicted octanol–water partition coefficient (Wildman–Crippen LogP) is 3.78. The molecule has 0 saturated carbocycles. The van der Waals surface area contributed by atoms with E-state index < -0.39 is 0 Å². The summed E-state index contributed by atoms with van der Waals surface area (Å²) in [7, 11) is 0. The quantitative estimate of drug-likeness (QED) is 0.765. The van der Waals surface area contributed by atoms with Crippen LogP contribution in [0.5, 0.6) is 0 Å². The Kier molecular flexibility index (Phi) is 3.68. The van der Waals surface area contributed by atoms with E-state index in [1.54, 1.807) is 0 Å². The van der Waals surface area contributed by atoms with Crippen LogP contribution in [0.15, 0.2) is 47.1 Å². The fourth-order valence-corrected chi connectivity index (χ4v) is 2.85. The largest absolute Gasteiger partial charge is 0.388 e. The van der Waals surface area contributed by atoms with Gasteiger partial charge in [0.1, 0.15) is 0 Å². The second kappa shape index (κ2) is 5.05. The Labute approximate surface area is 104 Å². The van der Waals surface area contributed by atoms with Gasteiger partial charge in [0, 0.05) is 5.92 Å². The molecule has 17 heavy (non-hydrogen) atoms. The van der Waals surface area contributed by atoms with Gasteiger partial charge in [-0.2, -0.15) is 0 Å². The molecule has 1 nitrogen and oxygen atoms in total. The van der Waals surface area contributed by atoms with E-state index in [2.05, 4.69) is 51.2 Å². The normalized spacial score (nSPS) is 30.5. The highest BCUT2D eigenvalue weighted by atomic mass is 16.3. The summed E-state index contributed by atoms with van der Waals surface area (Å²) in [4.78, 5) is 0. The van der Waals surface area contributed by atoms with Crippen molar-refractivity contribution in [2.24, 2.45) is 11.8 Å². The van der Waals surface area contributed by atoms with Crippen LogP contribution in [-0.2, 0) is 0 Å². The fourth-order valence-electron chi connectivity index (χ4n) is 2.85. The lowest BCUT2D eigenvalue weighted by atomic mass is 9.82. The van der Waals surface area contributed by atoms with Crippen LogP contribution in [0.3, 0.4) is 0 Å². The van der Waals surface area contributed by atoms with Crippen LogP contribution in [0, 0.1) is 11.8 Å². The zero-order valence-electron chi connectivity index (χ0n) is 11.0. The number of allylic oxidation sites excluding steroid dienone is 6. The first-order valence-corrected chi connectivity index (χ1v) is 6.48. The molecule has 0 radical (unpaired) electrons. The monoisotopic (exact) mass is 230 g/mol. The van der Waals surface area contributed by atoms with E-state index in [4.69, 9.17) is 0 Å². The molecular weight excluding hydrogens is 208 g/mol. The van der Waals surface area contributed by atoms with Crippen molar-refractivity contribution >= 4 is 0 Å². The zero-order valence-corrected chi connectivity index (χ0v) is 11.0. The molecule has 0 amide bonds. The summed E-state index contributed by atoms with van der Waals surface area (Å²) >= 11 is 0. The third-order valence-electron chi connectivity index (χ3n) is 3.57. The van der Waals surface area contributed by atoms with E-state index in [1.165, 1.54) is 16.7 Å². The smallest absolute Gasteiger partial charge is 0.0819 e. The number of rotatable bonds is 2. The maximum atomic E-state index is 10.5. The average Bonchev–Trinajstić information content (AvgIpc) is 2.26. The van der Waals surface area contributed by atoms with Gasteiger partial charge in [-0.1, -0.05) is 48.5 Å². The molecule has 0 bridgehead atoms. The third kappa shape index (κ3) is 2.98. The van der Waals surface area contributed by atoms with Gasteiger partial charge in [-0.05, 0) is 38.2 Å². The molecule has 2 rings (SSSR count). The highest BCUT2D eigenvalue weighted by molar-refractivity contribution is 5.32. The molecule has 0 heterocycles. The molecule has 3 atom stereocenters. The van der Waals surface area contributed by atoms with Crippen LogP contribution >= 0.6 is 0 Å². The Bertz CT molecular complexity index is 409. The van der Waals surface area contributed by atoms with Gasteiger partial charge in [0.2, 0.25) is 0 Å². The van der Waals surface area contributed by atoms with Crippen molar-refractivity contribution in [3.63, 3.8) is 0 Å². The van der Waals surface area contributed by atoms with Crippen molar-refractivity contribution < 1.29 is 5.11 Å². The van der Waals surface area contributed by atoms with Gasteiger partial charge < -0.3 is 5.11 Å². The SMILES string of the molecule is CC1=CC(C)CC(C(O)C2C=C(C)C=CC2)=C1. The number of hydrogen-bond acceptors (Lipinski definition) is 1. The Morgan fingerprint density at radius 2 is 2.00 bits per heavy atom. The summed E-state index contributed by atoms with van der Waals surface area (Å²) < 4.78 is 0. The van der Waals surface area contributed by atoms with Crippen LogP contribution in [0.4, 0.5) is 0 Å². The van der Waals surface area contributed by atoms with Crippen LogP contribution in [0.1, 0.15) is 33.6 Å². The predicted molar refractivity (Wildman–Crippen MR) is 72.6 cm³/mol. The van der Waals surface area contributed by atoms with E-state index in [1.807, 2.05) is 0 Å². The molecule has 1 N–H and O–H groups in total. The van der Waals surface area contributed by atoms with E-state index >= 15 is 0 Å². The van der Waals surface area contributed by atoms with Crippen LogP contribution in [0.2, 0.25) is 0 Å². The minimum Gasteiger partial charge on any atom is -0.388 e. The summed E-state index contributed by atoms with van der Waals surface area (Å²) in [6, 6.07) is 0. The minimum atomic E-state index is -0.319. The van der Waals surface area contributed by atoms with Gasteiger partial charge in [-0.25, -0.2) is 0 Å². The zero-order chi connectivity index (χ0) is 12.4. The summed E-state index contributed by atoms with van der Waals surface area (Å²) in [5.74, 6) is 0.804. The highest BCUT2D eigenvalue weighted by Crippen LogP contribution is 2.31. The first-order chi connectivity index (χ1) is 8.06. The number of aliphatic hydroxyl groups excluding tert-OH is 1. The third-order valence-corrected chi connectivity index (χ3v) is 3.57. The first-order valence-electron chi connectivity index (χ1n) is 6.48. The fraction of sp³-hybridized carbons (Fsp3) is 0.500. The molecule has 0 saturated heterocycles. The van der Waals surface area contributed by atoms with E-state index in [0.717, 1.165) is 12.8 Å². The Hall–Kier alpha value is -1.08. The number of hydrogen-bond donors (Lipinski definition) is 1. The molecule has 0 aromatic rings. The van der Waals surface area contributed by atoms with Crippen LogP contribution < -0.4 is 0 Å². The van der Waals surface area contributed by atoms with Crippen molar-refractivity contribution in [2.45, 2.75) is 39.7 Å². The highest BCUT2D eigenvalue weighted by Gasteiger charge is 2.24. The average molecular weight is 230 g/mol.